The molecule has 24 heavy (non-hydrogen) atoms. The molecule has 2 heterocycles. The lowest BCUT2D eigenvalue weighted by atomic mass is 10.2. The Kier molecular flexibility index (Phi) is 4.35. The van der Waals surface area contributed by atoms with E-state index in [1.807, 2.05) is 25.1 Å². The third-order valence-electron chi connectivity index (χ3n) is 3.10. The van der Waals surface area contributed by atoms with Crippen LogP contribution in [0.15, 0.2) is 41.8 Å². The molecule has 0 N–H and O–H groups in total. The Bertz CT molecular complexity index is 905. The molecule has 0 atom stereocenters. The summed E-state index contributed by atoms with van der Waals surface area (Å²) in [6.45, 7) is 8.46. The molecule has 0 aliphatic rings. The van der Waals surface area contributed by atoms with Gasteiger partial charge in [-0.3, -0.25) is 0 Å². The van der Waals surface area contributed by atoms with Gasteiger partial charge in [0, 0.05) is 12.4 Å². The maximum absolute atomic E-state index is 6.11. The van der Waals surface area contributed by atoms with Crippen molar-refractivity contribution in [3.05, 3.63) is 48.2 Å². The Hall–Kier alpha value is -2.67. The number of nitrogens with zero attached hydrogens (tertiary/aromatic N) is 5. The van der Waals surface area contributed by atoms with E-state index in [0.717, 1.165) is 17.0 Å². The van der Waals surface area contributed by atoms with Gasteiger partial charge >= 0.3 is 0 Å². The summed E-state index contributed by atoms with van der Waals surface area (Å²) in [5, 5.41) is 0. The lowest BCUT2D eigenvalue weighted by Gasteiger charge is -2.20. The van der Waals surface area contributed by atoms with Gasteiger partial charge in [-0.05, 0) is 44.3 Å². The second kappa shape index (κ2) is 6.44. The Balaban J connectivity index is 1.93. The molecule has 0 spiro atoms. The molecule has 3 rings (SSSR count). The monoisotopic (exact) mass is 337 g/mol. The molecule has 122 valence electrons. The highest BCUT2D eigenvalue weighted by Gasteiger charge is 2.18. The fraction of sp³-hybridized carbons (Fsp3) is 0.235. The van der Waals surface area contributed by atoms with Crippen LogP contribution in [0.4, 0.5) is 5.69 Å². The van der Waals surface area contributed by atoms with Crippen molar-refractivity contribution in [3.63, 3.8) is 0 Å². The smallest absolute Gasteiger partial charge is 0.242 e. The van der Waals surface area contributed by atoms with Crippen LogP contribution in [-0.2, 0) is 0 Å². The summed E-state index contributed by atoms with van der Waals surface area (Å²) >= 11 is 0. The SMILES string of the molecule is Cc1ccc(O[Si](C)(C)C)c(N=Cc2ncc3nccnc3n2)c1. The number of aliphatic imine (C=N–C) groups is 1. The Morgan fingerprint density at radius 2 is 1.88 bits per heavy atom. The van der Waals surface area contributed by atoms with Crippen molar-refractivity contribution in [2.24, 2.45) is 4.99 Å². The first-order chi connectivity index (χ1) is 11.4. The van der Waals surface area contributed by atoms with Crippen molar-refractivity contribution >= 4 is 31.4 Å². The number of fused-ring (bicyclic) bond motifs is 1. The predicted octanol–water partition coefficient (Wildman–Crippen LogP) is 3.69. The van der Waals surface area contributed by atoms with Crippen molar-refractivity contribution in [2.45, 2.75) is 26.6 Å². The van der Waals surface area contributed by atoms with E-state index >= 15 is 0 Å². The second-order valence-electron chi connectivity index (χ2n) is 6.44. The maximum atomic E-state index is 6.11. The fourth-order valence-corrected chi connectivity index (χ4v) is 2.95. The van der Waals surface area contributed by atoms with Gasteiger partial charge < -0.3 is 4.43 Å². The summed E-state index contributed by atoms with van der Waals surface area (Å²) in [6, 6.07) is 5.98. The minimum Gasteiger partial charge on any atom is -0.543 e. The van der Waals surface area contributed by atoms with Crippen LogP contribution < -0.4 is 4.43 Å². The minimum absolute atomic E-state index is 0.489. The molecule has 1 aromatic carbocycles. The molecule has 3 aromatic rings. The average Bonchev–Trinajstić information content (AvgIpc) is 2.53. The number of aryl methyl sites for hydroxylation is 1. The number of hydrogen-bond acceptors (Lipinski definition) is 6. The van der Waals surface area contributed by atoms with Gasteiger partial charge in [0.1, 0.15) is 17.0 Å². The van der Waals surface area contributed by atoms with Crippen molar-refractivity contribution in [1.29, 1.82) is 0 Å². The third-order valence-corrected chi connectivity index (χ3v) is 3.93. The van der Waals surface area contributed by atoms with Crippen LogP contribution in [0.1, 0.15) is 11.4 Å². The fourth-order valence-electron chi connectivity index (χ4n) is 2.12. The van der Waals surface area contributed by atoms with E-state index in [0.29, 0.717) is 17.0 Å². The van der Waals surface area contributed by atoms with Crippen molar-refractivity contribution in [1.82, 2.24) is 19.9 Å². The number of aromatic nitrogens is 4. The van der Waals surface area contributed by atoms with Gasteiger partial charge in [0.25, 0.3) is 0 Å². The Labute approximate surface area is 141 Å². The standard InChI is InChI=1S/C17H19N5OSi/c1-12-5-6-15(23-24(2,3)4)13(9-12)20-11-16-21-10-14-17(22-16)19-8-7-18-14/h5-11H,1-4H3. The molecule has 0 amide bonds. The quantitative estimate of drug-likeness (QED) is 0.536. The van der Waals surface area contributed by atoms with Crippen LogP contribution in [0.25, 0.3) is 11.2 Å². The summed E-state index contributed by atoms with van der Waals surface area (Å²) in [5.41, 5.74) is 3.11. The van der Waals surface area contributed by atoms with Gasteiger partial charge in [-0.25, -0.2) is 24.9 Å². The molecule has 0 saturated carbocycles. The largest absolute Gasteiger partial charge is 0.543 e. The molecule has 0 fully saturated rings. The van der Waals surface area contributed by atoms with E-state index in [1.165, 1.54) is 0 Å². The van der Waals surface area contributed by atoms with Crippen LogP contribution in [0, 0.1) is 6.92 Å². The highest BCUT2D eigenvalue weighted by Crippen LogP contribution is 2.30. The highest BCUT2D eigenvalue weighted by molar-refractivity contribution is 6.70. The molecule has 6 nitrogen and oxygen atoms in total. The first kappa shape index (κ1) is 16.2. The first-order valence-corrected chi connectivity index (χ1v) is 11.1. The zero-order valence-corrected chi connectivity index (χ0v) is 15.2. The van der Waals surface area contributed by atoms with E-state index in [1.54, 1.807) is 24.8 Å². The lowest BCUT2D eigenvalue weighted by molar-refractivity contribution is 0.559. The van der Waals surface area contributed by atoms with Gasteiger partial charge in [-0.15, -0.1) is 0 Å². The lowest BCUT2D eigenvalue weighted by Crippen LogP contribution is -2.29. The van der Waals surface area contributed by atoms with E-state index in [9.17, 15) is 0 Å². The molecule has 0 aliphatic carbocycles. The van der Waals surface area contributed by atoms with Crippen LogP contribution in [0.2, 0.25) is 19.6 Å². The predicted molar refractivity (Wildman–Crippen MR) is 97.5 cm³/mol. The first-order valence-electron chi connectivity index (χ1n) is 7.68. The van der Waals surface area contributed by atoms with Crippen LogP contribution >= 0.6 is 0 Å². The van der Waals surface area contributed by atoms with E-state index in [2.05, 4.69) is 44.6 Å². The van der Waals surface area contributed by atoms with Crippen LogP contribution in [-0.4, -0.2) is 34.5 Å². The Morgan fingerprint density at radius 1 is 1.08 bits per heavy atom. The molecule has 2 aromatic heterocycles. The molecule has 0 radical (unpaired) electrons. The minimum atomic E-state index is -1.71. The number of hydrogen-bond donors (Lipinski definition) is 0. The van der Waals surface area contributed by atoms with Gasteiger partial charge in [0.15, 0.2) is 11.5 Å². The number of benzene rings is 1. The molecular formula is C17H19N5OSi. The molecule has 7 heteroatoms. The highest BCUT2D eigenvalue weighted by atomic mass is 28.4. The average molecular weight is 337 g/mol. The summed E-state index contributed by atoms with van der Waals surface area (Å²) in [5.74, 6) is 1.28. The van der Waals surface area contributed by atoms with Crippen molar-refractivity contribution < 1.29 is 4.43 Å². The van der Waals surface area contributed by atoms with Gasteiger partial charge in [0.05, 0.1) is 12.4 Å². The normalized spacial score (nSPS) is 12.0. The van der Waals surface area contributed by atoms with Crippen LogP contribution in [0.3, 0.4) is 0 Å². The maximum Gasteiger partial charge on any atom is 0.242 e. The molecular weight excluding hydrogens is 318 g/mol. The summed E-state index contributed by atoms with van der Waals surface area (Å²) in [7, 11) is -1.71. The molecule has 0 saturated heterocycles. The zero-order chi connectivity index (χ0) is 17.2. The molecule has 0 aliphatic heterocycles. The summed E-state index contributed by atoms with van der Waals surface area (Å²) in [6.07, 6.45) is 6.50. The zero-order valence-electron chi connectivity index (χ0n) is 14.2. The topological polar surface area (TPSA) is 73.2 Å². The Morgan fingerprint density at radius 3 is 2.67 bits per heavy atom. The summed E-state index contributed by atoms with van der Waals surface area (Å²) < 4.78 is 6.11. The van der Waals surface area contributed by atoms with Crippen LogP contribution in [0.5, 0.6) is 5.75 Å². The third kappa shape index (κ3) is 3.99. The number of rotatable bonds is 4. The van der Waals surface area contributed by atoms with Gasteiger partial charge in [-0.2, -0.15) is 0 Å². The molecule has 0 unspecified atom stereocenters. The van der Waals surface area contributed by atoms with E-state index < -0.39 is 8.32 Å². The van der Waals surface area contributed by atoms with Crippen molar-refractivity contribution in [3.8, 4) is 5.75 Å². The molecule has 0 bridgehead atoms. The second-order valence-corrected chi connectivity index (χ2v) is 10.9. The van der Waals surface area contributed by atoms with Gasteiger partial charge in [-0.1, -0.05) is 6.07 Å². The van der Waals surface area contributed by atoms with E-state index in [4.69, 9.17) is 4.43 Å². The van der Waals surface area contributed by atoms with E-state index in [-0.39, 0.29) is 0 Å². The summed E-state index contributed by atoms with van der Waals surface area (Å²) in [4.78, 5) is 21.5. The van der Waals surface area contributed by atoms with Crippen molar-refractivity contribution in [2.75, 3.05) is 0 Å². The van der Waals surface area contributed by atoms with Gasteiger partial charge in [0.2, 0.25) is 8.32 Å².